The van der Waals surface area contributed by atoms with E-state index in [0.29, 0.717) is 17.7 Å². The number of rotatable bonds is 4. The van der Waals surface area contributed by atoms with Crippen molar-refractivity contribution < 1.29 is 14.7 Å². The lowest BCUT2D eigenvalue weighted by Crippen LogP contribution is -2.26. The van der Waals surface area contributed by atoms with E-state index in [0.717, 1.165) is 5.69 Å². The molecule has 0 fully saturated rings. The number of anilines is 1. The molecule has 23 heavy (non-hydrogen) atoms. The number of hydrogen-bond acceptors (Lipinski definition) is 3. The molecule has 0 saturated heterocycles. The first kappa shape index (κ1) is 16.7. The zero-order valence-corrected chi connectivity index (χ0v) is 13.8. The van der Waals surface area contributed by atoms with Gasteiger partial charge in [0.05, 0.1) is 28.6 Å². The van der Waals surface area contributed by atoms with Gasteiger partial charge in [0, 0.05) is 5.69 Å². The van der Waals surface area contributed by atoms with Crippen molar-refractivity contribution in [1.29, 1.82) is 0 Å². The Morgan fingerprint density at radius 3 is 2.57 bits per heavy atom. The molecule has 0 aliphatic rings. The van der Waals surface area contributed by atoms with Gasteiger partial charge in [-0.25, -0.2) is 4.79 Å². The third-order valence-corrected chi connectivity index (χ3v) is 3.45. The molecule has 0 radical (unpaired) electrons. The van der Waals surface area contributed by atoms with E-state index in [1.165, 1.54) is 12.1 Å². The first-order chi connectivity index (χ1) is 10.7. The molecule has 0 aliphatic carbocycles. The van der Waals surface area contributed by atoms with E-state index in [4.69, 9.17) is 5.11 Å². The fourth-order valence-electron chi connectivity index (χ4n) is 2.41. The molecule has 1 aromatic carbocycles. The molecule has 122 valence electrons. The summed E-state index contributed by atoms with van der Waals surface area (Å²) in [7, 11) is 0. The van der Waals surface area contributed by atoms with Crippen LogP contribution in [-0.4, -0.2) is 26.8 Å². The third kappa shape index (κ3) is 3.59. The summed E-state index contributed by atoms with van der Waals surface area (Å²) in [6.45, 7) is 8.05. The first-order valence-electron chi connectivity index (χ1n) is 7.46. The predicted molar refractivity (Wildman–Crippen MR) is 88.0 cm³/mol. The Hall–Kier alpha value is -2.63. The highest BCUT2D eigenvalue weighted by Gasteiger charge is 2.23. The Labute approximate surface area is 135 Å². The van der Waals surface area contributed by atoms with Crippen LogP contribution in [0, 0.1) is 0 Å². The van der Waals surface area contributed by atoms with E-state index in [1.54, 1.807) is 18.3 Å². The SMILES string of the molecule is CCc1c(C(=O)Nc2cccc(C(=O)O)c2)cnn1C(C)(C)C. The summed E-state index contributed by atoms with van der Waals surface area (Å²) < 4.78 is 1.84. The highest BCUT2D eigenvalue weighted by Crippen LogP contribution is 2.21. The molecule has 0 saturated carbocycles. The molecule has 2 aromatic rings. The molecule has 2 N–H and O–H groups in total. The summed E-state index contributed by atoms with van der Waals surface area (Å²) in [5.41, 5.74) is 1.71. The summed E-state index contributed by atoms with van der Waals surface area (Å²) in [5, 5.41) is 16.1. The van der Waals surface area contributed by atoms with Crippen LogP contribution in [0.4, 0.5) is 5.69 Å². The number of nitrogens with zero attached hydrogens (tertiary/aromatic N) is 2. The quantitative estimate of drug-likeness (QED) is 0.907. The number of aromatic nitrogens is 2. The Morgan fingerprint density at radius 1 is 1.30 bits per heavy atom. The smallest absolute Gasteiger partial charge is 0.335 e. The summed E-state index contributed by atoms with van der Waals surface area (Å²) in [5.74, 6) is -1.32. The molecule has 1 aromatic heterocycles. The fourth-order valence-corrected chi connectivity index (χ4v) is 2.41. The maximum atomic E-state index is 12.5. The highest BCUT2D eigenvalue weighted by molar-refractivity contribution is 6.05. The molecule has 6 nitrogen and oxygen atoms in total. The van der Waals surface area contributed by atoms with Crippen molar-refractivity contribution >= 4 is 17.6 Å². The van der Waals surface area contributed by atoms with E-state index in [-0.39, 0.29) is 17.0 Å². The summed E-state index contributed by atoms with van der Waals surface area (Å²) >= 11 is 0. The number of carboxylic acids is 1. The summed E-state index contributed by atoms with van der Waals surface area (Å²) in [4.78, 5) is 23.5. The molecular weight excluding hydrogens is 294 g/mol. The van der Waals surface area contributed by atoms with E-state index in [1.807, 2.05) is 32.4 Å². The molecule has 0 atom stereocenters. The number of carboxylic acid groups (broad SMARTS) is 1. The maximum Gasteiger partial charge on any atom is 0.335 e. The fraction of sp³-hybridized carbons (Fsp3) is 0.353. The van der Waals surface area contributed by atoms with Gasteiger partial charge < -0.3 is 10.4 Å². The van der Waals surface area contributed by atoms with Crippen LogP contribution >= 0.6 is 0 Å². The minimum absolute atomic E-state index is 0.129. The lowest BCUT2D eigenvalue weighted by molar-refractivity contribution is 0.0696. The average Bonchev–Trinajstić information content (AvgIpc) is 2.91. The third-order valence-electron chi connectivity index (χ3n) is 3.45. The molecule has 0 aliphatic heterocycles. The molecule has 0 spiro atoms. The number of amides is 1. The van der Waals surface area contributed by atoms with Crippen molar-refractivity contribution in [1.82, 2.24) is 9.78 Å². The standard InChI is InChI=1S/C17H21N3O3/c1-5-14-13(10-18-20(14)17(2,3)4)15(21)19-12-8-6-7-11(9-12)16(22)23/h6-10H,5H2,1-4H3,(H,19,21)(H,22,23). The van der Waals surface area contributed by atoms with E-state index in [2.05, 4.69) is 10.4 Å². The normalized spacial score (nSPS) is 11.3. The molecule has 1 heterocycles. The van der Waals surface area contributed by atoms with Crippen molar-refractivity contribution in [2.24, 2.45) is 0 Å². The van der Waals surface area contributed by atoms with Crippen LogP contribution in [0.3, 0.4) is 0 Å². The van der Waals surface area contributed by atoms with Crippen molar-refractivity contribution in [3.63, 3.8) is 0 Å². The second-order valence-electron chi connectivity index (χ2n) is 6.28. The molecule has 6 heteroatoms. The van der Waals surface area contributed by atoms with Gasteiger partial charge in [0.25, 0.3) is 5.91 Å². The van der Waals surface area contributed by atoms with Gasteiger partial charge in [-0.05, 0) is 45.4 Å². The largest absolute Gasteiger partial charge is 0.478 e. The number of carbonyl (C=O) groups is 2. The van der Waals surface area contributed by atoms with Gasteiger partial charge in [0.2, 0.25) is 0 Å². The minimum atomic E-state index is -1.03. The Morgan fingerprint density at radius 2 is 2.00 bits per heavy atom. The Balaban J connectivity index is 2.30. The van der Waals surface area contributed by atoms with Gasteiger partial charge in [0.1, 0.15) is 0 Å². The van der Waals surface area contributed by atoms with Gasteiger partial charge in [-0.2, -0.15) is 5.10 Å². The average molecular weight is 315 g/mol. The van der Waals surface area contributed by atoms with Crippen molar-refractivity contribution in [3.05, 3.63) is 47.3 Å². The van der Waals surface area contributed by atoms with Gasteiger partial charge in [0.15, 0.2) is 0 Å². The van der Waals surface area contributed by atoms with Gasteiger partial charge >= 0.3 is 5.97 Å². The van der Waals surface area contributed by atoms with Crippen LogP contribution in [0.5, 0.6) is 0 Å². The number of benzene rings is 1. The molecule has 1 amide bonds. The topological polar surface area (TPSA) is 84.2 Å². The van der Waals surface area contributed by atoms with Gasteiger partial charge in [-0.15, -0.1) is 0 Å². The van der Waals surface area contributed by atoms with Crippen LogP contribution in [0.2, 0.25) is 0 Å². The highest BCUT2D eigenvalue weighted by atomic mass is 16.4. The zero-order chi connectivity index (χ0) is 17.2. The maximum absolute atomic E-state index is 12.5. The molecule has 2 rings (SSSR count). The Kier molecular flexibility index (Phi) is 4.54. The zero-order valence-electron chi connectivity index (χ0n) is 13.8. The van der Waals surface area contributed by atoms with E-state index >= 15 is 0 Å². The minimum Gasteiger partial charge on any atom is -0.478 e. The number of nitrogens with one attached hydrogen (secondary N) is 1. The van der Waals surface area contributed by atoms with Crippen LogP contribution in [0.1, 0.15) is 54.1 Å². The van der Waals surface area contributed by atoms with Crippen molar-refractivity contribution in [2.75, 3.05) is 5.32 Å². The van der Waals surface area contributed by atoms with E-state index in [9.17, 15) is 9.59 Å². The molecule has 0 unspecified atom stereocenters. The second kappa shape index (κ2) is 6.24. The van der Waals surface area contributed by atoms with Crippen LogP contribution in [0.15, 0.2) is 30.5 Å². The van der Waals surface area contributed by atoms with Gasteiger partial charge in [-0.3, -0.25) is 9.48 Å². The van der Waals surface area contributed by atoms with Crippen molar-refractivity contribution in [3.8, 4) is 0 Å². The number of hydrogen-bond donors (Lipinski definition) is 2. The monoisotopic (exact) mass is 315 g/mol. The first-order valence-corrected chi connectivity index (χ1v) is 7.46. The van der Waals surface area contributed by atoms with Crippen LogP contribution in [0.25, 0.3) is 0 Å². The summed E-state index contributed by atoms with van der Waals surface area (Å²) in [6, 6.07) is 6.16. The number of aromatic carboxylic acids is 1. The summed E-state index contributed by atoms with van der Waals surface area (Å²) in [6.07, 6.45) is 2.23. The number of carbonyl (C=O) groups excluding carboxylic acids is 1. The van der Waals surface area contributed by atoms with Gasteiger partial charge in [-0.1, -0.05) is 13.0 Å². The van der Waals surface area contributed by atoms with Crippen molar-refractivity contribution in [2.45, 2.75) is 39.7 Å². The predicted octanol–water partition coefficient (Wildman–Crippen LogP) is 3.15. The Bertz CT molecular complexity index is 742. The van der Waals surface area contributed by atoms with Crippen LogP contribution < -0.4 is 5.32 Å². The molecular formula is C17H21N3O3. The van der Waals surface area contributed by atoms with Crippen LogP contribution in [-0.2, 0) is 12.0 Å². The lowest BCUT2D eigenvalue weighted by Gasteiger charge is -2.22. The lowest BCUT2D eigenvalue weighted by atomic mass is 10.1. The molecule has 0 bridgehead atoms. The second-order valence-corrected chi connectivity index (χ2v) is 6.28. The van der Waals surface area contributed by atoms with E-state index < -0.39 is 5.97 Å².